The molecule has 17 heavy (non-hydrogen) atoms. The number of hydrogen-bond acceptors (Lipinski definition) is 3. The van der Waals surface area contributed by atoms with Crippen LogP contribution in [0.4, 0.5) is 0 Å². The molecule has 0 aliphatic carbocycles. The lowest BCUT2D eigenvalue weighted by Crippen LogP contribution is -2.52. The van der Waals surface area contributed by atoms with Crippen molar-refractivity contribution in [2.45, 2.75) is 58.9 Å². The molecule has 2 N–H and O–H groups in total. The van der Waals surface area contributed by atoms with E-state index in [1.54, 1.807) is 0 Å². The van der Waals surface area contributed by atoms with Crippen molar-refractivity contribution in [3.05, 3.63) is 0 Å². The molecule has 0 fully saturated rings. The van der Waals surface area contributed by atoms with Crippen LogP contribution in [-0.4, -0.2) is 43.3 Å². The highest BCUT2D eigenvalue weighted by molar-refractivity contribution is 4.85. The van der Waals surface area contributed by atoms with Gasteiger partial charge in [-0.1, -0.05) is 27.2 Å². The quantitative estimate of drug-likeness (QED) is 0.568. The Kier molecular flexibility index (Phi) is 9.79. The molecule has 0 spiro atoms. The van der Waals surface area contributed by atoms with Crippen LogP contribution in [0.1, 0.15) is 53.4 Å². The minimum Gasteiger partial charge on any atom is -0.380 e. The van der Waals surface area contributed by atoms with Gasteiger partial charge in [-0.3, -0.25) is 4.90 Å². The minimum atomic E-state index is 0.129. The number of rotatable bonds is 11. The van der Waals surface area contributed by atoms with E-state index in [1.807, 2.05) is 0 Å². The second-order valence-electron chi connectivity index (χ2n) is 5.01. The fourth-order valence-electron chi connectivity index (χ4n) is 1.94. The van der Waals surface area contributed by atoms with E-state index in [2.05, 4.69) is 32.6 Å². The Morgan fingerprint density at radius 2 is 1.76 bits per heavy atom. The van der Waals surface area contributed by atoms with E-state index in [0.29, 0.717) is 0 Å². The molecule has 0 saturated heterocycles. The molecule has 104 valence electrons. The molecule has 0 aliphatic rings. The van der Waals surface area contributed by atoms with Crippen LogP contribution in [0, 0.1) is 0 Å². The molecule has 0 radical (unpaired) electrons. The highest BCUT2D eigenvalue weighted by Crippen LogP contribution is 2.18. The number of nitrogens with zero attached hydrogens (tertiary/aromatic N) is 1. The van der Waals surface area contributed by atoms with Gasteiger partial charge in [-0.25, -0.2) is 0 Å². The summed E-state index contributed by atoms with van der Waals surface area (Å²) in [6.45, 7) is 13.4. The summed E-state index contributed by atoms with van der Waals surface area (Å²) in [7, 11) is 0. The van der Waals surface area contributed by atoms with Crippen LogP contribution in [0.25, 0.3) is 0 Å². The Balaban J connectivity index is 4.05. The zero-order valence-corrected chi connectivity index (χ0v) is 12.3. The Morgan fingerprint density at radius 1 is 1.06 bits per heavy atom. The third-order valence-corrected chi connectivity index (χ3v) is 3.61. The van der Waals surface area contributed by atoms with Crippen molar-refractivity contribution < 1.29 is 4.74 Å². The number of hydrogen-bond donors (Lipinski definition) is 1. The molecule has 0 aliphatic heterocycles. The van der Waals surface area contributed by atoms with Gasteiger partial charge in [-0.05, 0) is 32.7 Å². The van der Waals surface area contributed by atoms with Gasteiger partial charge in [-0.2, -0.15) is 0 Å². The molecule has 0 bridgehead atoms. The average Bonchev–Trinajstić information content (AvgIpc) is 2.36. The molecule has 1 unspecified atom stereocenters. The van der Waals surface area contributed by atoms with Crippen molar-refractivity contribution >= 4 is 0 Å². The van der Waals surface area contributed by atoms with Crippen LogP contribution in [-0.2, 0) is 4.74 Å². The zero-order chi connectivity index (χ0) is 13.1. The standard InChI is InChI=1S/C14H32N2O/c1-5-8-11-17-12-10-16(9-6-2)14(4,7-3)13-15/h5-13,15H2,1-4H3. The van der Waals surface area contributed by atoms with Crippen LogP contribution in [0.3, 0.4) is 0 Å². The molecule has 0 aromatic carbocycles. The zero-order valence-electron chi connectivity index (χ0n) is 12.3. The van der Waals surface area contributed by atoms with Gasteiger partial charge >= 0.3 is 0 Å². The lowest BCUT2D eigenvalue weighted by atomic mass is 9.96. The van der Waals surface area contributed by atoms with Gasteiger partial charge in [0.15, 0.2) is 0 Å². The Labute approximate surface area is 108 Å². The maximum absolute atomic E-state index is 5.92. The molecule has 0 amide bonds. The van der Waals surface area contributed by atoms with Crippen LogP contribution in [0.15, 0.2) is 0 Å². The van der Waals surface area contributed by atoms with Gasteiger partial charge in [-0.15, -0.1) is 0 Å². The van der Waals surface area contributed by atoms with E-state index in [1.165, 1.54) is 12.8 Å². The summed E-state index contributed by atoms with van der Waals surface area (Å²) < 4.78 is 5.65. The summed E-state index contributed by atoms with van der Waals surface area (Å²) in [5.41, 5.74) is 6.05. The second-order valence-corrected chi connectivity index (χ2v) is 5.01. The van der Waals surface area contributed by atoms with Crippen molar-refractivity contribution in [3.63, 3.8) is 0 Å². The molecule has 0 aromatic rings. The van der Waals surface area contributed by atoms with E-state index in [9.17, 15) is 0 Å². The highest BCUT2D eigenvalue weighted by Gasteiger charge is 2.27. The van der Waals surface area contributed by atoms with E-state index < -0.39 is 0 Å². The van der Waals surface area contributed by atoms with Crippen LogP contribution < -0.4 is 5.73 Å². The van der Waals surface area contributed by atoms with Crippen molar-refractivity contribution in [3.8, 4) is 0 Å². The van der Waals surface area contributed by atoms with Crippen LogP contribution in [0.5, 0.6) is 0 Å². The monoisotopic (exact) mass is 244 g/mol. The lowest BCUT2D eigenvalue weighted by Gasteiger charge is -2.40. The van der Waals surface area contributed by atoms with Gasteiger partial charge in [0.05, 0.1) is 6.61 Å². The first-order valence-corrected chi connectivity index (χ1v) is 7.17. The van der Waals surface area contributed by atoms with Gasteiger partial charge < -0.3 is 10.5 Å². The van der Waals surface area contributed by atoms with E-state index in [-0.39, 0.29) is 5.54 Å². The first-order valence-electron chi connectivity index (χ1n) is 7.17. The van der Waals surface area contributed by atoms with Crippen molar-refractivity contribution in [2.75, 3.05) is 32.8 Å². The Morgan fingerprint density at radius 3 is 2.24 bits per heavy atom. The smallest absolute Gasteiger partial charge is 0.0593 e. The SMILES string of the molecule is CCCCOCCN(CCC)C(C)(CC)CN. The third-order valence-electron chi connectivity index (χ3n) is 3.61. The average molecular weight is 244 g/mol. The van der Waals surface area contributed by atoms with E-state index >= 15 is 0 Å². The summed E-state index contributed by atoms with van der Waals surface area (Å²) in [6.07, 6.45) is 4.63. The van der Waals surface area contributed by atoms with Gasteiger partial charge in [0.25, 0.3) is 0 Å². The maximum atomic E-state index is 5.92. The molecule has 0 rings (SSSR count). The summed E-state index contributed by atoms with van der Waals surface area (Å²) in [5, 5.41) is 0. The van der Waals surface area contributed by atoms with Crippen LogP contribution in [0.2, 0.25) is 0 Å². The molecule has 3 nitrogen and oxygen atoms in total. The first kappa shape index (κ1) is 16.9. The molecule has 0 aromatic heterocycles. The maximum Gasteiger partial charge on any atom is 0.0593 e. The molecular weight excluding hydrogens is 212 g/mol. The van der Waals surface area contributed by atoms with Gasteiger partial charge in [0.2, 0.25) is 0 Å². The Hall–Kier alpha value is -0.120. The van der Waals surface area contributed by atoms with E-state index in [4.69, 9.17) is 10.5 Å². The highest BCUT2D eigenvalue weighted by atomic mass is 16.5. The Bertz CT molecular complexity index is 170. The third kappa shape index (κ3) is 6.39. The molecule has 3 heteroatoms. The number of ether oxygens (including phenoxy) is 1. The molecular formula is C14H32N2O. The summed E-state index contributed by atoms with van der Waals surface area (Å²) in [5.74, 6) is 0. The number of unbranched alkanes of at least 4 members (excludes halogenated alkanes) is 1. The summed E-state index contributed by atoms with van der Waals surface area (Å²) in [6, 6.07) is 0. The fourth-order valence-corrected chi connectivity index (χ4v) is 1.94. The second kappa shape index (κ2) is 9.86. The fraction of sp³-hybridized carbons (Fsp3) is 1.00. The van der Waals surface area contributed by atoms with Gasteiger partial charge in [0.1, 0.15) is 0 Å². The van der Waals surface area contributed by atoms with E-state index in [0.717, 1.165) is 45.7 Å². The predicted molar refractivity (Wildman–Crippen MR) is 75.3 cm³/mol. The van der Waals surface area contributed by atoms with Crippen molar-refractivity contribution in [2.24, 2.45) is 5.73 Å². The first-order chi connectivity index (χ1) is 8.14. The predicted octanol–water partition coefficient (Wildman–Crippen LogP) is 2.64. The van der Waals surface area contributed by atoms with Gasteiger partial charge in [0, 0.05) is 25.2 Å². The molecule has 0 saturated carbocycles. The largest absolute Gasteiger partial charge is 0.380 e. The van der Waals surface area contributed by atoms with Crippen LogP contribution >= 0.6 is 0 Å². The molecule has 1 atom stereocenters. The lowest BCUT2D eigenvalue weighted by molar-refractivity contribution is 0.0500. The van der Waals surface area contributed by atoms with Crippen molar-refractivity contribution in [1.29, 1.82) is 0 Å². The topological polar surface area (TPSA) is 38.5 Å². The van der Waals surface area contributed by atoms with Crippen molar-refractivity contribution in [1.82, 2.24) is 4.90 Å². The summed E-state index contributed by atoms with van der Waals surface area (Å²) >= 11 is 0. The molecule has 0 heterocycles. The number of nitrogens with two attached hydrogens (primary N) is 1. The normalized spacial score (nSPS) is 15.2. The minimum absolute atomic E-state index is 0.129. The summed E-state index contributed by atoms with van der Waals surface area (Å²) in [4.78, 5) is 2.49.